The zero-order valence-corrected chi connectivity index (χ0v) is 11.1. The molecule has 0 aliphatic heterocycles. The van der Waals surface area contributed by atoms with Crippen LogP contribution in [0.5, 0.6) is 0 Å². The molecule has 0 saturated heterocycles. The van der Waals surface area contributed by atoms with Crippen molar-refractivity contribution in [1.29, 1.82) is 0 Å². The molecule has 1 saturated carbocycles. The van der Waals surface area contributed by atoms with Crippen LogP contribution in [0.1, 0.15) is 26.7 Å². The topological polar surface area (TPSA) is 106 Å². The Hall–Kier alpha value is -1.89. The average Bonchev–Trinajstić information content (AvgIpc) is 2.70. The lowest BCUT2D eigenvalue weighted by Crippen LogP contribution is -2.25. The summed E-state index contributed by atoms with van der Waals surface area (Å²) in [5.74, 6) is 7.24. The molecular weight excluding hydrogens is 246 g/mol. The maximum atomic E-state index is 10.9. The first-order valence-electron chi connectivity index (χ1n) is 6.41. The smallest absolute Gasteiger partial charge is 0.276 e. The second-order valence-corrected chi connectivity index (χ2v) is 5.16. The average molecular weight is 265 g/mol. The highest BCUT2D eigenvalue weighted by molar-refractivity contribution is 5.54. The number of hydrogen-bond donors (Lipinski definition) is 3. The molecule has 0 bridgehead atoms. The van der Waals surface area contributed by atoms with Crippen molar-refractivity contribution in [2.24, 2.45) is 17.7 Å². The molecule has 7 nitrogen and oxygen atoms in total. The van der Waals surface area contributed by atoms with Crippen LogP contribution in [0.25, 0.3) is 0 Å². The molecule has 0 spiro atoms. The second kappa shape index (κ2) is 5.40. The van der Waals surface area contributed by atoms with Crippen molar-refractivity contribution in [1.82, 2.24) is 4.98 Å². The van der Waals surface area contributed by atoms with Crippen molar-refractivity contribution in [3.63, 3.8) is 0 Å². The van der Waals surface area contributed by atoms with Crippen molar-refractivity contribution in [3.8, 4) is 0 Å². The number of nitrogens with one attached hydrogen (secondary N) is 2. The van der Waals surface area contributed by atoms with Crippen LogP contribution < -0.4 is 16.6 Å². The Balaban J connectivity index is 2.20. The Morgan fingerprint density at radius 1 is 1.37 bits per heavy atom. The molecule has 0 amide bonds. The monoisotopic (exact) mass is 265 g/mol. The predicted octanol–water partition coefficient (Wildman–Crippen LogP) is 2.12. The second-order valence-electron chi connectivity index (χ2n) is 5.16. The van der Waals surface area contributed by atoms with Crippen molar-refractivity contribution >= 4 is 17.3 Å². The Morgan fingerprint density at radius 2 is 2.05 bits per heavy atom. The molecule has 1 fully saturated rings. The molecule has 1 aromatic rings. The fourth-order valence-corrected chi connectivity index (χ4v) is 2.53. The summed E-state index contributed by atoms with van der Waals surface area (Å²) in [7, 11) is 0. The van der Waals surface area contributed by atoms with Crippen LogP contribution >= 0.6 is 0 Å². The third-order valence-electron chi connectivity index (χ3n) is 3.97. The van der Waals surface area contributed by atoms with Crippen molar-refractivity contribution in [2.75, 3.05) is 10.7 Å². The van der Waals surface area contributed by atoms with Crippen LogP contribution in [0.4, 0.5) is 17.3 Å². The van der Waals surface area contributed by atoms with Gasteiger partial charge in [0.1, 0.15) is 11.6 Å². The Bertz CT molecular complexity index is 479. The van der Waals surface area contributed by atoms with Crippen LogP contribution in [-0.4, -0.2) is 15.9 Å². The third kappa shape index (κ3) is 2.93. The maximum absolute atomic E-state index is 10.9. The van der Waals surface area contributed by atoms with Gasteiger partial charge < -0.3 is 10.7 Å². The lowest BCUT2D eigenvalue weighted by Gasteiger charge is -2.20. The maximum Gasteiger partial charge on any atom is 0.276 e. The molecule has 2 rings (SSSR count). The van der Waals surface area contributed by atoms with E-state index in [0.29, 0.717) is 23.7 Å². The highest BCUT2D eigenvalue weighted by Gasteiger charge is 2.30. The first-order chi connectivity index (χ1) is 9.01. The van der Waals surface area contributed by atoms with Gasteiger partial charge in [0.05, 0.1) is 17.1 Å². The molecule has 19 heavy (non-hydrogen) atoms. The minimum Gasteiger partial charge on any atom is -0.367 e. The van der Waals surface area contributed by atoms with E-state index in [1.165, 1.54) is 12.1 Å². The summed E-state index contributed by atoms with van der Waals surface area (Å²) in [4.78, 5) is 14.6. The summed E-state index contributed by atoms with van der Waals surface area (Å²) < 4.78 is 0. The Labute approximate surface area is 111 Å². The van der Waals surface area contributed by atoms with E-state index >= 15 is 0 Å². The predicted molar refractivity (Wildman–Crippen MR) is 73.7 cm³/mol. The summed E-state index contributed by atoms with van der Waals surface area (Å²) in [5.41, 5.74) is 2.33. The minimum atomic E-state index is -0.450. The van der Waals surface area contributed by atoms with Gasteiger partial charge >= 0.3 is 0 Å². The lowest BCUT2D eigenvalue weighted by molar-refractivity contribution is -0.384. The van der Waals surface area contributed by atoms with E-state index in [9.17, 15) is 10.1 Å². The normalized spacial score (nSPS) is 26.2. The lowest BCUT2D eigenvalue weighted by atomic mass is 9.98. The number of hydrogen-bond acceptors (Lipinski definition) is 6. The summed E-state index contributed by atoms with van der Waals surface area (Å²) in [6.45, 7) is 4.41. The molecule has 0 aromatic carbocycles. The first kappa shape index (κ1) is 13.5. The van der Waals surface area contributed by atoms with Gasteiger partial charge in [0.15, 0.2) is 0 Å². The number of nitro groups is 1. The Morgan fingerprint density at radius 3 is 2.58 bits per heavy atom. The quantitative estimate of drug-likeness (QED) is 0.437. The summed E-state index contributed by atoms with van der Waals surface area (Å²) in [6.07, 6.45) is 2.22. The van der Waals surface area contributed by atoms with Gasteiger partial charge in [-0.3, -0.25) is 10.1 Å². The molecule has 1 aliphatic rings. The highest BCUT2D eigenvalue weighted by Crippen LogP contribution is 2.33. The fourth-order valence-electron chi connectivity index (χ4n) is 2.53. The van der Waals surface area contributed by atoms with Crippen LogP contribution in [0.15, 0.2) is 12.1 Å². The van der Waals surface area contributed by atoms with E-state index in [4.69, 9.17) is 5.84 Å². The number of nitrogen functional groups attached to an aromatic ring is 1. The number of hydrazine groups is 1. The van der Waals surface area contributed by atoms with Gasteiger partial charge in [0, 0.05) is 6.04 Å². The largest absolute Gasteiger partial charge is 0.367 e. The molecule has 7 heteroatoms. The molecule has 1 heterocycles. The molecule has 3 unspecified atom stereocenters. The molecule has 3 atom stereocenters. The summed E-state index contributed by atoms with van der Waals surface area (Å²) in [6, 6.07) is 3.05. The van der Waals surface area contributed by atoms with Gasteiger partial charge in [-0.2, -0.15) is 0 Å². The zero-order chi connectivity index (χ0) is 14.0. The van der Waals surface area contributed by atoms with Crippen molar-refractivity contribution in [2.45, 2.75) is 32.7 Å². The number of rotatable bonds is 4. The van der Waals surface area contributed by atoms with Gasteiger partial charge in [0.2, 0.25) is 0 Å². The van der Waals surface area contributed by atoms with E-state index in [0.717, 1.165) is 12.8 Å². The number of aromatic nitrogens is 1. The van der Waals surface area contributed by atoms with Gasteiger partial charge in [-0.25, -0.2) is 10.8 Å². The molecule has 4 N–H and O–H groups in total. The highest BCUT2D eigenvalue weighted by atomic mass is 16.6. The number of nitrogens with two attached hydrogens (primary N) is 1. The van der Waals surface area contributed by atoms with E-state index in [1.807, 2.05) is 0 Å². The van der Waals surface area contributed by atoms with Crippen LogP contribution in [0, 0.1) is 22.0 Å². The van der Waals surface area contributed by atoms with E-state index in [-0.39, 0.29) is 11.5 Å². The SMILES string of the molecule is CC1CCC(Nc2cc([N+](=O)[O-])cc(NN)n2)C1C. The van der Waals surface area contributed by atoms with Gasteiger partial charge in [-0.1, -0.05) is 13.8 Å². The van der Waals surface area contributed by atoms with Crippen LogP contribution in [0.3, 0.4) is 0 Å². The third-order valence-corrected chi connectivity index (χ3v) is 3.97. The van der Waals surface area contributed by atoms with Crippen LogP contribution in [0.2, 0.25) is 0 Å². The van der Waals surface area contributed by atoms with Gasteiger partial charge in [-0.15, -0.1) is 0 Å². The molecular formula is C12H19N5O2. The Kier molecular flexibility index (Phi) is 3.84. The molecule has 1 aromatic heterocycles. The standard InChI is InChI=1S/C12H19N5O2/c1-7-3-4-10(8(7)2)14-11-5-9(17(18)19)6-12(15-11)16-13/h5-8,10H,3-4,13H2,1-2H3,(H2,14,15,16). The van der Waals surface area contributed by atoms with Crippen molar-refractivity contribution in [3.05, 3.63) is 22.2 Å². The van der Waals surface area contributed by atoms with Gasteiger partial charge in [0.25, 0.3) is 5.69 Å². The van der Waals surface area contributed by atoms with E-state index in [1.54, 1.807) is 0 Å². The number of pyridine rings is 1. The number of nitrogens with zero attached hydrogens (tertiary/aromatic N) is 2. The number of anilines is 2. The van der Waals surface area contributed by atoms with Crippen LogP contribution in [-0.2, 0) is 0 Å². The molecule has 1 aliphatic carbocycles. The van der Waals surface area contributed by atoms with E-state index in [2.05, 4.69) is 29.6 Å². The molecule has 104 valence electrons. The minimum absolute atomic E-state index is 0.0239. The zero-order valence-electron chi connectivity index (χ0n) is 11.1. The molecule has 0 radical (unpaired) electrons. The van der Waals surface area contributed by atoms with E-state index < -0.39 is 4.92 Å². The van der Waals surface area contributed by atoms with Gasteiger partial charge in [-0.05, 0) is 24.7 Å². The summed E-state index contributed by atoms with van der Waals surface area (Å²) in [5, 5.41) is 14.1. The van der Waals surface area contributed by atoms with Crippen molar-refractivity contribution < 1.29 is 4.92 Å². The first-order valence-corrected chi connectivity index (χ1v) is 6.41. The fraction of sp³-hybridized carbons (Fsp3) is 0.583. The summed E-state index contributed by atoms with van der Waals surface area (Å²) >= 11 is 0.